The lowest BCUT2D eigenvalue weighted by atomic mass is 10.1. The van der Waals surface area contributed by atoms with Crippen molar-refractivity contribution >= 4 is 11.9 Å². The minimum Gasteiger partial charge on any atom is -0.480 e. The third kappa shape index (κ3) is 4.01. The lowest BCUT2D eigenvalue weighted by Gasteiger charge is -2.21. The van der Waals surface area contributed by atoms with Crippen LogP contribution in [0.3, 0.4) is 0 Å². The number of nitrogens with zero attached hydrogens (tertiary/aromatic N) is 2. The Hall–Kier alpha value is -2.63. The van der Waals surface area contributed by atoms with E-state index in [1.54, 1.807) is 11.6 Å². The number of carboxylic acid groups (broad SMARTS) is 1. The Kier molecular flexibility index (Phi) is 5.07. The number of carbonyl (C=O) groups is 2. The maximum Gasteiger partial charge on any atom is 0.326 e. The highest BCUT2D eigenvalue weighted by Crippen LogP contribution is 2.18. The van der Waals surface area contributed by atoms with Crippen molar-refractivity contribution in [3.8, 4) is 0 Å². The van der Waals surface area contributed by atoms with Crippen LogP contribution in [0.1, 0.15) is 42.4 Å². The molecule has 0 aliphatic heterocycles. The fourth-order valence-corrected chi connectivity index (χ4v) is 2.59. The zero-order valence-electron chi connectivity index (χ0n) is 14.4. The SMILES string of the molecule is Cc1c(C(=O)NC(Cc2ccccc2)C(=O)O)cnn1C(C)(C)C. The summed E-state index contributed by atoms with van der Waals surface area (Å²) in [6.07, 6.45) is 1.71. The third-order valence-electron chi connectivity index (χ3n) is 3.78. The highest BCUT2D eigenvalue weighted by molar-refractivity contribution is 5.97. The van der Waals surface area contributed by atoms with Gasteiger partial charge in [-0.05, 0) is 33.3 Å². The van der Waals surface area contributed by atoms with Gasteiger partial charge in [0.25, 0.3) is 5.91 Å². The average molecular weight is 329 g/mol. The zero-order valence-corrected chi connectivity index (χ0v) is 14.4. The molecular formula is C18H23N3O3. The molecule has 24 heavy (non-hydrogen) atoms. The van der Waals surface area contributed by atoms with Crippen LogP contribution >= 0.6 is 0 Å². The molecule has 2 rings (SSSR count). The van der Waals surface area contributed by atoms with E-state index in [-0.39, 0.29) is 12.0 Å². The number of hydrogen-bond donors (Lipinski definition) is 2. The molecule has 0 aliphatic carbocycles. The maximum atomic E-state index is 12.5. The van der Waals surface area contributed by atoms with Crippen molar-refractivity contribution in [2.75, 3.05) is 0 Å². The summed E-state index contributed by atoms with van der Waals surface area (Å²) in [5.41, 5.74) is 1.71. The molecule has 0 saturated heterocycles. The molecule has 0 fully saturated rings. The van der Waals surface area contributed by atoms with Gasteiger partial charge >= 0.3 is 5.97 Å². The van der Waals surface area contributed by atoms with Gasteiger partial charge in [0.1, 0.15) is 6.04 Å². The predicted molar refractivity (Wildman–Crippen MR) is 91.0 cm³/mol. The first-order chi connectivity index (χ1) is 11.2. The molecule has 1 unspecified atom stereocenters. The quantitative estimate of drug-likeness (QED) is 0.882. The Balaban J connectivity index is 2.17. The largest absolute Gasteiger partial charge is 0.480 e. The predicted octanol–water partition coefficient (Wildman–Crippen LogP) is 2.37. The first kappa shape index (κ1) is 17.7. The molecule has 1 aromatic heterocycles. The molecule has 1 atom stereocenters. The Labute approximate surface area is 141 Å². The number of nitrogens with one attached hydrogen (secondary N) is 1. The van der Waals surface area contributed by atoms with Gasteiger partial charge in [-0.2, -0.15) is 5.10 Å². The highest BCUT2D eigenvalue weighted by Gasteiger charge is 2.25. The highest BCUT2D eigenvalue weighted by atomic mass is 16.4. The van der Waals surface area contributed by atoms with E-state index in [4.69, 9.17) is 0 Å². The van der Waals surface area contributed by atoms with Gasteiger partial charge in [-0.3, -0.25) is 9.48 Å². The van der Waals surface area contributed by atoms with Crippen molar-refractivity contribution in [3.63, 3.8) is 0 Å². The number of carboxylic acids is 1. The van der Waals surface area contributed by atoms with E-state index in [1.807, 2.05) is 51.1 Å². The summed E-state index contributed by atoms with van der Waals surface area (Å²) >= 11 is 0. The molecule has 6 nitrogen and oxygen atoms in total. The van der Waals surface area contributed by atoms with Gasteiger partial charge in [-0.15, -0.1) is 0 Å². The van der Waals surface area contributed by atoms with Crippen LogP contribution in [0.15, 0.2) is 36.5 Å². The van der Waals surface area contributed by atoms with Crippen LogP contribution in [0.25, 0.3) is 0 Å². The second-order valence-electron chi connectivity index (χ2n) is 6.78. The van der Waals surface area contributed by atoms with Gasteiger partial charge in [-0.1, -0.05) is 30.3 Å². The molecule has 2 N–H and O–H groups in total. The first-order valence-corrected chi connectivity index (χ1v) is 7.83. The standard InChI is InChI=1S/C18H23N3O3/c1-12-14(11-19-21(12)18(2,3)4)16(22)20-15(17(23)24)10-13-8-6-5-7-9-13/h5-9,11,15H,10H2,1-4H3,(H,20,22)(H,23,24). The average Bonchev–Trinajstić information content (AvgIpc) is 2.89. The molecule has 0 saturated carbocycles. The molecule has 0 radical (unpaired) electrons. The summed E-state index contributed by atoms with van der Waals surface area (Å²) in [5.74, 6) is -1.49. The number of amides is 1. The fraction of sp³-hybridized carbons (Fsp3) is 0.389. The van der Waals surface area contributed by atoms with Crippen molar-refractivity contribution in [2.45, 2.75) is 45.7 Å². The smallest absolute Gasteiger partial charge is 0.326 e. The lowest BCUT2D eigenvalue weighted by molar-refractivity contribution is -0.139. The number of carbonyl (C=O) groups excluding carboxylic acids is 1. The van der Waals surface area contributed by atoms with E-state index >= 15 is 0 Å². The minimum absolute atomic E-state index is 0.231. The summed E-state index contributed by atoms with van der Waals surface area (Å²) in [6.45, 7) is 7.78. The van der Waals surface area contributed by atoms with Gasteiger partial charge in [0.15, 0.2) is 0 Å². The Morgan fingerprint density at radius 1 is 1.25 bits per heavy atom. The van der Waals surface area contributed by atoms with Crippen LogP contribution in [-0.2, 0) is 16.8 Å². The van der Waals surface area contributed by atoms with Crippen molar-refractivity contribution in [3.05, 3.63) is 53.3 Å². The van der Waals surface area contributed by atoms with Crippen LogP contribution < -0.4 is 5.32 Å². The molecule has 6 heteroatoms. The second kappa shape index (κ2) is 6.86. The van der Waals surface area contributed by atoms with E-state index in [2.05, 4.69) is 10.4 Å². The van der Waals surface area contributed by atoms with Crippen LogP contribution in [-0.4, -0.2) is 32.8 Å². The van der Waals surface area contributed by atoms with Gasteiger partial charge in [0, 0.05) is 12.1 Å². The Morgan fingerprint density at radius 3 is 2.38 bits per heavy atom. The van der Waals surface area contributed by atoms with Crippen molar-refractivity contribution in [2.24, 2.45) is 0 Å². The van der Waals surface area contributed by atoms with Gasteiger partial charge in [0.2, 0.25) is 0 Å². The first-order valence-electron chi connectivity index (χ1n) is 7.83. The monoisotopic (exact) mass is 329 g/mol. The van der Waals surface area contributed by atoms with Gasteiger partial charge < -0.3 is 10.4 Å². The molecule has 1 aromatic carbocycles. The number of rotatable bonds is 5. The Bertz CT molecular complexity index is 730. The van der Waals surface area contributed by atoms with Gasteiger partial charge in [-0.25, -0.2) is 4.79 Å². The Morgan fingerprint density at radius 2 is 1.88 bits per heavy atom. The van der Waals surface area contributed by atoms with E-state index in [1.165, 1.54) is 6.20 Å². The molecule has 1 heterocycles. The van der Waals surface area contributed by atoms with Crippen LogP contribution in [0, 0.1) is 6.92 Å². The summed E-state index contributed by atoms with van der Waals surface area (Å²) in [5, 5.41) is 16.2. The van der Waals surface area contributed by atoms with E-state index in [9.17, 15) is 14.7 Å². The summed E-state index contributed by atoms with van der Waals surface area (Å²) in [6, 6.07) is 8.23. The van der Waals surface area contributed by atoms with Crippen molar-refractivity contribution < 1.29 is 14.7 Å². The van der Waals surface area contributed by atoms with E-state index in [0.717, 1.165) is 5.56 Å². The topological polar surface area (TPSA) is 84.2 Å². The minimum atomic E-state index is -1.06. The third-order valence-corrected chi connectivity index (χ3v) is 3.78. The molecule has 1 amide bonds. The molecule has 0 bridgehead atoms. The van der Waals surface area contributed by atoms with Crippen molar-refractivity contribution in [1.29, 1.82) is 0 Å². The number of benzene rings is 1. The number of aromatic nitrogens is 2. The lowest BCUT2D eigenvalue weighted by Crippen LogP contribution is -2.42. The molecule has 2 aromatic rings. The van der Waals surface area contributed by atoms with Gasteiger partial charge in [0.05, 0.1) is 17.3 Å². The second-order valence-corrected chi connectivity index (χ2v) is 6.78. The summed E-state index contributed by atoms with van der Waals surface area (Å²) < 4.78 is 1.76. The molecule has 128 valence electrons. The summed E-state index contributed by atoms with van der Waals surface area (Å²) in [4.78, 5) is 24.0. The van der Waals surface area contributed by atoms with E-state index in [0.29, 0.717) is 11.3 Å². The van der Waals surface area contributed by atoms with Crippen LogP contribution in [0.2, 0.25) is 0 Å². The van der Waals surface area contributed by atoms with Crippen LogP contribution in [0.4, 0.5) is 0 Å². The van der Waals surface area contributed by atoms with E-state index < -0.39 is 17.9 Å². The summed E-state index contributed by atoms with van der Waals surface area (Å²) in [7, 11) is 0. The fourth-order valence-electron chi connectivity index (χ4n) is 2.59. The van der Waals surface area contributed by atoms with Crippen LogP contribution in [0.5, 0.6) is 0 Å². The zero-order chi connectivity index (χ0) is 17.9. The number of hydrogen-bond acceptors (Lipinski definition) is 3. The molecular weight excluding hydrogens is 306 g/mol. The molecule has 0 aliphatic rings. The van der Waals surface area contributed by atoms with Crippen molar-refractivity contribution in [1.82, 2.24) is 15.1 Å². The normalized spacial score (nSPS) is 12.7. The number of aliphatic carboxylic acids is 1. The molecule has 0 spiro atoms. The maximum absolute atomic E-state index is 12.5.